The largest absolute Gasteiger partial charge is 0.378 e. The lowest BCUT2D eigenvalue weighted by Gasteiger charge is -2.29. The maximum atomic E-state index is 8.55. The first-order valence-corrected chi connectivity index (χ1v) is 10.4. The van der Waals surface area contributed by atoms with E-state index in [0.29, 0.717) is 30.2 Å². The fourth-order valence-electron chi connectivity index (χ4n) is 3.27. The van der Waals surface area contributed by atoms with E-state index in [2.05, 4.69) is 40.5 Å². The van der Waals surface area contributed by atoms with E-state index in [1.165, 1.54) is 0 Å². The summed E-state index contributed by atoms with van der Waals surface area (Å²) in [5.74, 6) is 1.16. The molecule has 10 nitrogen and oxygen atoms in total. The lowest BCUT2D eigenvalue weighted by Crippen LogP contribution is -2.41. The minimum Gasteiger partial charge on any atom is -0.378 e. The van der Waals surface area contributed by atoms with E-state index in [0.717, 1.165) is 24.6 Å². The molecule has 1 fully saturated rings. The Labute approximate surface area is 191 Å². The summed E-state index contributed by atoms with van der Waals surface area (Å²) in [6, 6.07) is 14.7. The Morgan fingerprint density at radius 3 is 2.55 bits per heavy atom. The summed E-state index contributed by atoms with van der Waals surface area (Å²) in [6.45, 7) is 9.76. The van der Waals surface area contributed by atoms with Gasteiger partial charge >= 0.3 is 0 Å². The number of morpholine rings is 1. The molecule has 4 N–H and O–H groups in total. The number of pyridine rings is 1. The second-order valence-electron chi connectivity index (χ2n) is 7.08. The molecule has 33 heavy (non-hydrogen) atoms. The molecule has 10 heteroatoms. The predicted molar refractivity (Wildman–Crippen MR) is 129 cm³/mol. The van der Waals surface area contributed by atoms with Gasteiger partial charge in [0.15, 0.2) is 11.7 Å². The zero-order valence-electron chi connectivity index (χ0n) is 17.8. The molecule has 1 aromatic carbocycles. The monoisotopic (exact) mass is 441 g/mol. The van der Waals surface area contributed by atoms with Crippen LogP contribution >= 0.6 is 0 Å². The maximum absolute atomic E-state index is 8.55. The minimum absolute atomic E-state index is 0.154. The molecule has 166 valence electrons. The number of nitrogens with one attached hydrogen (secondary N) is 4. The number of benzene rings is 1. The fraction of sp³-hybridized carbons (Fsp3) is 0.174. The maximum Gasteiger partial charge on any atom is 0.286 e. The molecule has 3 aromatic rings. The van der Waals surface area contributed by atoms with Gasteiger partial charge in [-0.2, -0.15) is 6.57 Å². The van der Waals surface area contributed by atoms with Crippen molar-refractivity contribution < 1.29 is 4.74 Å². The van der Waals surface area contributed by atoms with Gasteiger partial charge in [-0.15, -0.1) is 4.95 Å². The van der Waals surface area contributed by atoms with Gasteiger partial charge in [0.1, 0.15) is 5.10 Å². The fourth-order valence-corrected chi connectivity index (χ4v) is 3.27. The van der Waals surface area contributed by atoms with Crippen molar-refractivity contribution in [3.05, 3.63) is 89.9 Å². The zero-order valence-corrected chi connectivity index (χ0v) is 17.8. The lowest BCUT2D eigenvalue weighted by molar-refractivity contribution is 0.0682. The SMILES string of the molecule is [C-]#[N+]/N=C(\Nc1ccc(C(=N)N=C(c2ccc[nH]2)N2CCOCC2)cc1)Nc1cccnc1. The van der Waals surface area contributed by atoms with E-state index in [9.17, 15) is 0 Å². The molecule has 0 bridgehead atoms. The van der Waals surface area contributed by atoms with Crippen LogP contribution in [0.15, 0.2) is 77.2 Å². The van der Waals surface area contributed by atoms with E-state index in [1.807, 2.05) is 36.5 Å². The standard InChI is InChI=1S/C23H23N9O/c1-25-31-23(29-19-4-2-10-26-16-19)28-18-8-6-17(7-9-18)21(24)30-22(20-5-3-11-27-20)32-12-14-33-15-13-32/h2-11,16,24,27H,12-15H2,(H2,28,29,31). The first-order chi connectivity index (χ1) is 16.2. The summed E-state index contributed by atoms with van der Waals surface area (Å²) in [5.41, 5.74) is 2.95. The number of hydrogen-bond acceptors (Lipinski definition) is 4. The lowest BCUT2D eigenvalue weighted by atomic mass is 10.2. The molecule has 1 aliphatic rings. The number of anilines is 2. The van der Waals surface area contributed by atoms with Gasteiger partial charge in [-0.25, -0.2) is 4.99 Å². The van der Waals surface area contributed by atoms with Gasteiger partial charge in [-0.05, 0) is 48.5 Å². The summed E-state index contributed by atoms with van der Waals surface area (Å²) in [5, 5.41) is 18.4. The third-order valence-electron chi connectivity index (χ3n) is 4.86. The third-order valence-corrected chi connectivity index (χ3v) is 4.86. The smallest absolute Gasteiger partial charge is 0.286 e. The van der Waals surface area contributed by atoms with Crippen LogP contribution < -0.4 is 10.6 Å². The Balaban J connectivity index is 1.49. The van der Waals surface area contributed by atoms with Gasteiger partial charge in [0.05, 0.1) is 30.8 Å². The highest BCUT2D eigenvalue weighted by atomic mass is 16.5. The zero-order chi connectivity index (χ0) is 22.9. The number of nitrogens with zero attached hydrogens (tertiary/aromatic N) is 5. The average molecular weight is 441 g/mol. The number of rotatable bonds is 4. The van der Waals surface area contributed by atoms with Gasteiger partial charge in [0.2, 0.25) is 0 Å². The first-order valence-electron chi connectivity index (χ1n) is 10.4. The summed E-state index contributed by atoms with van der Waals surface area (Å²) >= 11 is 0. The van der Waals surface area contributed by atoms with Gasteiger partial charge in [0.25, 0.3) is 5.96 Å². The molecular formula is C23H23N9O. The van der Waals surface area contributed by atoms with Crippen molar-refractivity contribution in [2.45, 2.75) is 0 Å². The molecule has 0 saturated carbocycles. The number of guanidine groups is 1. The number of aromatic nitrogens is 2. The molecule has 0 spiro atoms. The van der Waals surface area contributed by atoms with Crippen LogP contribution in [-0.2, 0) is 4.74 Å². The highest BCUT2D eigenvalue weighted by molar-refractivity contribution is 6.10. The second kappa shape index (κ2) is 10.7. The van der Waals surface area contributed by atoms with E-state index in [-0.39, 0.29) is 11.8 Å². The highest BCUT2D eigenvalue weighted by Crippen LogP contribution is 2.14. The Morgan fingerprint density at radius 1 is 1.09 bits per heavy atom. The van der Waals surface area contributed by atoms with Crippen molar-refractivity contribution in [1.82, 2.24) is 14.9 Å². The van der Waals surface area contributed by atoms with Crippen molar-refractivity contribution in [2.24, 2.45) is 10.1 Å². The topological polar surface area (TPSA) is 118 Å². The molecular weight excluding hydrogens is 418 g/mol. The summed E-state index contributed by atoms with van der Waals surface area (Å²) in [7, 11) is 0. The third kappa shape index (κ3) is 5.81. The molecule has 0 amide bonds. The van der Waals surface area contributed by atoms with Crippen molar-refractivity contribution in [3.8, 4) is 0 Å². The van der Waals surface area contributed by atoms with Gasteiger partial charge in [-0.1, -0.05) is 0 Å². The van der Waals surface area contributed by atoms with Gasteiger partial charge in [0, 0.05) is 36.7 Å². The van der Waals surface area contributed by atoms with Crippen LogP contribution in [0.2, 0.25) is 0 Å². The summed E-state index contributed by atoms with van der Waals surface area (Å²) in [6.07, 6.45) is 5.15. The highest BCUT2D eigenvalue weighted by Gasteiger charge is 2.18. The Morgan fingerprint density at radius 2 is 1.88 bits per heavy atom. The van der Waals surface area contributed by atoms with Crippen molar-refractivity contribution in [2.75, 3.05) is 36.9 Å². The van der Waals surface area contributed by atoms with E-state index in [4.69, 9.17) is 16.7 Å². The molecule has 0 aliphatic carbocycles. The predicted octanol–water partition coefficient (Wildman–Crippen LogP) is 3.23. The van der Waals surface area contributed by atoms with Crippen LogP contribution in [-0.4, -0.2) is 58.8 Å². The first kappa shape index (κ1) is 21.7. The summed E-state index contributed by atoms with van der Waals surface area (Å²) < 4.78 is 5.45. The number of hydrogen-bond donors (Lipinski definition) is 4. The average Bonchev–Trinajstić information content (AvgIpc) is 3.39. The van der Waals surface area contributed by atoms with Gasteiger partial charge < -0.3 is 25.3 Å². The van der Waals surface area contributed by atoms with Crippen molar-refractivity contribution in [1.29, 1.82) is 5.41 Å². The molecule has 1 aliphatic heterocycles. The van der Waals surface area contributed by atoms with Crippen LogP contribution in [0, 0.1) is 12.0 Å². The van der Waals surface area contributed by atoms with Gasteiger partial charge in [-0.3, -0.25) is 10.4 Å². The van der Waals surface area contributed by atoms with E-state index in [1.54, 1.807) is 30.6 Å². The van der Waals surface area contributed by atoms with Crippen molar-refractivity contribution >= 4 is 29.0 Å². The van der Waals surface area contributed by atoms with Crippen LogP contribution in [0.4, 0.5) is 11.4 Å². The molecule has 0 unspecified atom stereocenters. The van der Waals surface area contributed by atoms with Crippen molar-refractivity contribution in [3.63, 3.8) is 0 Å². The molecule has 0 radical (unpaired) electrons. The Bertz CT molecular complexity index is 1160. The minimum atomic E-state index is 0.154. The molecule has 3 heterocycles. The number of amidine groups is 2. The Hall–Kier alpha value is -4.49. The van der Waals surface area contributed by atoms with E-state index >= 15 is 0 Å². The summed E-state index contributed by atoms with van der Waals surface area (Å²) in [4.78, 5) is 17.1. The number of H-pyrrole nitrogens is 1. The number of aromatic amines is 1. The van der Waals surface area contributed by atoms with Crippen LogP contribution in [0.5, 0.6) is 0 Å². The van der Waals surface area contributed by atoms with Crippen LogP contribution in [0.3, 0.4) is 0 Å². The normalized spacial score (nSPS) is 14.5. The molecule has 0 atom stereocenters. The molecule has 1 saturated heterocycles. The molecule has 4 rings (SSSR count). The van der Waals surface area contributed by atoms with Crippen LogP contribution in [0.25, 0.3) is 4.95 Å². The second-order valence-corrected chi connectivity index (χ2v) is 7.08. The van der Waals surface area contributed by atoms with Crippen LogP contribution in [0.1, 0.15) is 11.3 Å². The number of ether oxygens (including phenoxy) is 1. The Kier molecular flexibility index (Phi) is 7.05. The molecule has 2 aromatic heterocycles. The quantitative estimate of drug-likeness (QED) is 0.215. The number of aliphatic imine (C=N–C) groups is 1. The van der Waals surface area contributed by atoms with E-state index < -0.39 is 0 Å².